The molecule has 0 aliphatic heterocycles. The van der Waals surface area contributed by atoms with E-state index in [-0.39, 0.29) is 11.2 Å². The van der Waals surface area contributed by atoms with Crippen LogP contribution in [0.2, 0.25) is 0 Å². The summed E-state index contributed by atoms with van der Waals surface area (Å²) in [7, 11) is 0. The first kappa shape index (κ1) is 10.1. The Morgan fingerprint density at radius 2 is 2.13 bits per heavy atom. The van der Waals surface area contributed by atoms with Crippen LogP contribution in [0.5, 0.6) is 0 Å². The van der Waals surface area contributed by atoms with Crippen molar-refractivity contribution in [2.75, 3.05) is 0 Å². The SMILES string of the molecule is CC(Cl)c1cn(-c2ccccc2F)nn1. The quantitative estimate of drug-likeness (QED) is 0.736. The molecule has 1 aromatic carbocycles. The Balaban J connectivity index is 2.42. The minimum absolute atomic E-state index is 0.231. The van der Waals surface area contributed by atoms with Crippen molar-refractivity contribution < 1.29 is 4.39 Å². The maximum Gasteiger partial charge on any atom is 0.148 e. The summed E-state index contributed by atoms with van der Waals surface area (Å²) in [4.78, 5) is 0. The monoisotopic (exact) mass is 225 g/mol. The molecule has 0 amide bonds. The van der Waals surface area contributed by atoms with Gasteiger partial charge in [-0.25, -0.2) is 9.07 Å². The van der Waals surface area contributed by atoms with Crippen LogP contribution in [-0.4, -0.2) is 15.0 Å². The number of rotatable bonds is 2. The lowest BCUT2D eigenvalue weighted by Gasteiger charge is -2.00. The van der Waals surface area contributed by atoms with Gasteiger partial charge in [-0.3, -0.25) is 0 Å². The third kappa shape index (κ3) is 1.99. The van der Waals surface area contributed by atoms with Gasteiger partial charge in [0.2, 0.25) is 0 Å². The van der Waals surface area contributed by atoms with E-state index in [1.807, 2.05) is 0 Å². The fraction of sp³-hybridized carbons (Fsp3) is 0.200. The van der Waals surface area contributed by atoms with Crippen molar-refractivity contribution in [3.8, 4) is 5.69 Å². The molecule has 0 fully saturated rings. The van der Waals surface area contributed by atoms with Crippen LogP contribution in [0, 0.1) is 5.82 Å². The molecule has 0 saturated heterocycles. The Labute approximate surface area is 91.5 Å². The van der Waals surface area contributed by atoms with Gasteiger partial charge in [0.15, 0.2) is 0 Å². The molecule has 5 heteroatoms. The predicted molar refractivity (Wildman–Crippen MR) is 55.6 cm³/mol. The van der Waals surface area contributed by atoms with E-state index in [2.05, 4.69) is 10.3 Å². The van der Waals surface area contributed by atoms with Crippen molar-refractivity contribution >= 4 is 11.6 Å². The summed E-state index contributed by atoms with van der Waals surface area (Å²) in [5, 5.41) is 7.43. The highest BCUT2D eigenvalue weighted by Gasteiger charge is 2.09. The molecular formula is C10H9ClFN3. The molecule has 2 aromatic rings. The van der Waals surface area contributed by atoms with E-state index in [4.69, 9.17) is 11.6 Å². The third-order valence-electron chi connectivity index (χ3n) is 2.02. The third-order valence-corrected chi connectivity index (χ3v) is 2.24. The Kier molecular flexibility index (Phi) is 2.68. The molecule has 0 saturated carbocycles. The van der Waals surface area contributed by atoms with E-state index in [1.54, 1.807) is 31.3 Å². The Morgan fingerprint density at radius 3 is 2.73 bits per heavy atom. The second-order valence-electron chi connectivity index (χ2n) is 3.16. The molecule has 0 aliphatic rings. The average molecular weight is 226 g/mol. The second-order valence-corrected chi connectivity index (χ2v) is 3.81. The van der Waals surface area contributed by atoms with Gasteiger partial charge < -0.3 is 0 Å². The van der Waals surface area contributed by atoms with Crippen LogP contribution in [0.15, 0.2) is 30.5 Å². The standard InChI is InChI=1S/C10H9ClFN3/c1-7(11)9-6-15(14-13-9)10-5-3-2-4-8(10)12/h2-7H,1H3. The average Bonchev–Trinajstić information content (AvgIpc) is 2.67. The molecule has 0 aliphatic carbocycles. The fourth-order valence-corrected chi connectivity index (χ4v) is 1.31. The lowest BCUT2D eigenvalue weighted by Crippen LogP contribution is -1.97. The topological polar surface area (TPSA) is 30.7 Å². The maximum atomic E-state index is 13.4. The highest BCUT2D eigenvalue weighted by Crippen LogP contribution is 2.18. The molecule has 0 spiro atoms. The largest absolute Gasteiger partial charge is 0.217 e. The molecule has 1 atom stereocenters. The molecule has 1 unspecified atom stereocenters. The normalized spacial score (nSPS) is 12.7. The van der Waals surface area contributed by atoms with Gasteiger partial charge in [-0.15, -0.1) is 16.7 Å². The van der Waals surface area contributed by atoms with Crippen LogP contribution in [-0.2, 0) is 0 Å². The zero-order valence-electron chi connectivity index (χ0n) is 8.06. The summed E-state index contributed by atoms with van der Waals surface area (Å²) < 4.78 is 14.7. The molecule has 0 radical (unpaired) electrons. The smallest absolute Gasteiger partial charge is 0.148 e. The summed E-state index contributed by atoms with van der Waals surface area (Å²) in [6.45, 7) is 1.79. The van der Waals surface area contributed by atoms with Crippen LogP contribution in [0.4, 0.5) is 4.39 Å². The Morgan fingerprint density at radius 1 is 1.40 bits per heavy atom. The number of benzene rings is 1. The van der Waals surface area contributed by atoms with Crippen LogP contribution < -0.4 is 0 Å². The number of hydrogen-bond acceptors (Lipinski definition) is 2. The number of halogens is 2. The number of para-hydroxylation sites is 1. The second kappa shape index (κ2) is 3.98. The van der Waals surface area contributed by atoms with Crippen molar-refractivity contribution in [1.82, 2.24) is 15.0 Å². The molecule has 1 aromatic heterocycles. The minimum Gasteiger partial charge on any atom is -0.217 e. The van der Waals surface area contributed by atoms with E-state index in [0.717, 1.165) is 0 Å². The van der Waals surface area contributed by atoms with Gasteiger partial charge in [0.1, 0.15) is 17.2 Å². The van der Waals surface area contributed by atoms with Crippen molar-refractivity contribution in [3.63, 3.8) is 0 Å². The summed E-state index contributed by atoms with van der Waals surface area (Å²) in [5.74, 6) is -0.337. The van der Waals surface area contributed by atoms with E-state index < -0.39 is 0 Å². The van der Waals surface area contributed by atoms with Crippen LogP contribution in [0.1, 0.15) is 18.0 Å². The highest BCUT2D eigenvalue weighted by atomic mass is 35.5. The molecule has 0 N–H and O–H groups in total. The van der Waals surface area contributed by atoms with Crippen LogP contribution in [0.3, 0.4) is 0 Å². The lowest BCUT2D eigenvalue weighted by molar-refractivity contribution is 0.607. The molecule has 3 nitrogen and oxygen atoms in total. The summed E-state index contributed by atoms with van der Waals surface area (Å²) in [6, 6.07) is 6.37. The van der Waals surface area contributed by atoms with Gasteiger partial charge in [-0.1, -0.05) is 17.3 Å². The van der Waals surface area contributed by atoms with Crippen molar-refractivity contribution in [2.45, 2.75) is 12.3 Å². The highest BCUT2D eigenvalue weighted by molar-refractivity contribution is 6.20. The molecular weight excluding hydrogens is 217 g/mol. The Hall–Kier alpha value is -1.42. The first-order chi connectivity index (χ1) is 7.18. The van der Waals surface area contributed by atoms with Gasteiger partial charge in [-0.2, -0.15) is 0 Å². The minimum atomic E-state index is -0.337. The first-order valence-electron chi connectivity index (χ1n) is 4.49. The summed E-state index contributed by atoms with van der Waals surface area (Å²) >= 11 is 5.83. The summed E-state index contributed by atoms with van der Waals surface area (Å²) in [6.07, 6.45) is 1.62. The zero-order valence-corrected chi connectivity index (χ0v) is 8.82. The van der Waals surface area contributed by atoms with Gasteiger partial charge in [-0.05, 0) is 19.1 Å². The van der Waals surface area contributed by atoms with Gasteiger partial charge >= 0.3 is 0 Å². The molecule has 1 heterocycles. The van der Waals surface area contributed by atoms with Gasteiger partial charge in [0, 0.05) is 0 Å². The predicted octanol–water partition coefficient (Wildman–Crippen LogP) is 2.71. The number of alkyl halides is 1. The van der Waals surface area contributed by atoms with Crippen molar-refractivity contribution in [1.29, 1.82) is 0 Å². The van der Waals surface area contributed by atoms with E-state index in [1.165, 1.54) is 10.7 Å². The number of nitrogens with zero attached hydrogens (tertiary/aromatic N) is 3. The zero-order chi connectivity index (χ0) is 10.8. The first-order valence-corrected chi connectivity index (χ1v) is 4.93. The van der Waals surface area contributed by atoms with Crippen molar-refractivity contribution in [3.05, 3.63) is 42.0 Å². The number of aromatic nitrogens is 3. The van der Waals surface area contributed by atoms with E-state index in [0.29, 0.717) is 11.4 Å². The fourth-order valence-electron chi connectivity index (χ4n) is 1.21. The molecule has 0 bridgehead atoms. The number of hydrogen-bond donors (Lipinski definition) is 0. The van der Waals surface area contributed by atoms with Crippen LogP contribution in [0.25, 0.3) is 5.69 Å². The Bertz CT molecular complexity index is 467. The van der Waals surface area contributed by atoms with Crippen LogP contribution >= 0.6 is 11.6 Å². The van der Waals surface area contributed by atoms with Crippen molar-refractivity contribution in [2.24, 2.45) is 0 Å². The van der Waals surface area contributed by atoms with E-state index >= 15 is 0 Å². The van der Waals surface area contributed by atoms with Gasteiger partial charge in [0.25, 0.3) is 0 Å². The molecule has 78 valence electrons. The summed E-state index contributed by atoms with van der Waals surface area (Å²) in [5.41, 5.74) is 0.994. The van der Waals surface area contributed by atoms with Gasteiger partial charge in [0.05, 0.1) is 11.6 Å². The molecule has 15 heavy (non-hydrogen) atoms. The maximum absolute atomic E-state index is 13.4. The molecule has 2 rings (SSSR count). The van der Waals surface area contributed by atoms with E-state index in [9.17, 15) is 4.39 Å². The lowest BCUT2D eigenvalue weighted by atomic mass is 10.3.